The standard InChI is InChI=1S/C18H19N3O.2C12H8N2.2ClH.Ru/c1-13(22)19-10-3-2-5-14-9-12-21-18-16(14)8-7-15-6-4-11-20-17(15)18;2*1-3-9-5-6-10-4-2-8-14-12(10)11(9)13-7-1;;;/h4,6-9,11-12H,2-3,5,10H2,1H3,(H,19,22);2*1-8H;2*1H;/p-2. The van der Waals surface area contributed by atoms with Crippen LogP contribution < -0.4 is 30.1 Å². The molecule has 0 unspecified atom stereocenters. The number of rotatable bonds is 5. The molecule has 0 atom stereocenters. The average Bonchev–Trinajstić information content (AvgIpc) is 3.18. The molecule has 0 aliphatic carbocycles. The van der Waals surface area contributed by atoms with Gasteiger partial charge in [0.1, 0.15) is 0 Å². The van der Waals surface area contributed by atoms with E-state index in [0.29, 0.717) is 0 Å². The van der Waals surface area contributed by atoms with Crippen molar-refractivity contribution >= 4 is 71.3 Å². The van der Waals surface area contributed by atoms with Gasteiger partial charge in [-0.3, -0.25) is 34.7 Å². The Morgan fingerprint density at radius 3 is 1.23 bits per heavy atom. The predicted octanol–water partition coefficient (Wildman–Crippen LogP) is 2.81. The molecule has 0 bridgehead atoms. The van der Waals surface area contributed by atoms with Crippen LogP contribution in [-0.2, 0) is 30.7 Å². The molecule has 53 heavy (non-hydrogen) atoms. The van der Waals surface area contributed by atoms with E-state index in [2.05, 4.69) is 108 Å². The molecule has 9 rings (SSSR count). The molecule has 8 nitrogen and oxygen atoms in total. The van der Waals surface area contributed by atoms with E-state index in [9.17, 15) is 4.79 Å². The molecule has 9 aromatic rings. The number of hydrogen-bond acceptors (Lipinski definition) is 7. The van der Waals surface area contributed by atoms with Gasteiger partial charge in [0, 0.05) is 102 Å². The first-order valence-electron chi connectivity index (χ1n) is 16.7. The van der Waals surface area contributed by atoms with Crippen LogP contribution in [0.1, 0.15) is 25.3 Å². The maximum Gasteiger partial charge on any atom is 0.216 e. The minimum atomic E-state index is 0. The first-order valence-corrected chi connectivity index (χ1v) is 16.7. The van der Waals surface area contributed by atoms with Crippen molar-refractivity contribution in [3.05, 3.63) is 146 Å². The fraction of sp³-hybridized carbons (Fsp3) is 0.119. The molecule has 0 fully saturated rings. The van der Waals surface area contributed by atoms with Gasteiger partial charge >= 0.3 is 0 Å². The van der Waals surface area contributed by atoms with Gasteiger partial charge in [-0.25, -0.2) is 0 Å². The first-order chi connectivity index (χ1) is 24.7. The largest absolute Gasteiger partial charge is 1.00 e. The van der Waals surface area contributed by atoms with Crippen LogP contribution in [0.3, 0.4) is 0 Å². The van der Waals surface area contributed by atoms with Crippen LogP contribution in [0.25, 0.3) is 65.4 Å². The summed E-state index contributed by atoms with van der Waals surface area (Å²) in [5, 5.41) is 9.67. The molecule has 268 valence electrons. The Labute approximate surface area is 332 Å². The second kappa shape index (κ2) is 19.6. The summed E-state index contributed by atoms with van der Waals surface area (Å²) in [4.78, 5) is 37.2. The number of nitrogens with one attached hydrogen (secondary N) is 1. The molecule has 0 aliphatic rings. The number of hydrogen-bond donors (Lipinski definition) is 1. The van der Waals surface area contributed by atoms with E-state index in [0.717, 1.165) is 85.8 Å². The Balaban J connectivity index is 0.000000179. The van der Waals surface area contributed by atoms with Gasteiger partial charge in [0.25, 0.3) is 0 Å². The molecule has 0 aliphatic heterocycles. The molecule has 1 amide bonds. The van der Waals surface area contributed by atoms with Crippen LogP contribution in [0.2, 0.25) is 0 Å². The molecule has 6 aromatic heterocycles. The third-order valence-corrected chi connectivity index (χ3v) is 8.51. The number of fused-ring (bicyclic) bond motifs is 9. The van der Waals surface area contributed by atoms with E-state index in [1.807, 2.05) is 42.7 Å². The molecular weight excluding hydrogens is 790 g/mol. The van der Waals surface area contributed by atoms with Crippen molar-refractivity contribution < 1.29 is 49.1 Å². The topological polar surface area (TPSA) is 106 Å². The third-order valence-electron chi connectivity index (χ3n) is 8.51. The van der Waals surface area contributed by atoms with Crippen molar-refractivity contribution in [1.29, 1.82) is 0 Å². The quantitative estimate of drug-likeness (QED) is 0.162. The Kier molecular flexibility index (Phi) is 15.0. The fourth-order valence-corrected chi connectivity index (χ4v) is 6.09. The maximum absolute atomic E-state index is 10.8. The van der Waals surface area contributed by atoms with Crippen molar-refractivity contribution in [2.45, 2.75) is 26.2 Å². The zero-order valence-electron chi connectivity index (χ0n) is 28.8. The van der Waals surface area contributed by atoms with Gasteiger partial charge in [0.2, 0.25) is 5.91 Å². The molecule has 1 N–H and O–H groups in total. The van der Waals surface area contributed by atoms with E-state index in [1.54, 1.807) is 31.7 Å². The molecule has 3 aromatic carbocycles. The number of aryl methyl sites for hydroxylation is 1. The number of amides is 1. The van der Waals surface area contributed by atoms with Gasteiger partial charge in [0.05, 0.1) is 33.1 Å². The molecule has 0 radical (unpaired) electrons. The van der Waals surface area contributed by atoms with Crippen LogP contribution in [0.15, 0.2) is 140 Å². The van der Waals surface area contributed by atoms with Gasteiger partial charge in [-0.15, -0.1) is 0 Å². The second-order valence-electron chi connectivity index (χ2n) is 11.9. The number of aromatic nitrogens is 6. The van der Waals surface area contributed by atoms with E-state index in [-0.39, 0.29) is 50.2 Å². The van der Waals surface area contributed by atoms with Crippen molar-refractivity contribution in [2.24, 2.45) is 0 Å². The van der Waals surface area contributed by atoms with Crippen LogP contribution in [0, 0.1) is 0 Å². The Morgan fingerprint density at radius 2 is 0.830 bits per heavy atom. The van der Waals surface area contributed by atoms with Crippen molar-refractivity contribution in [1.82, 2.24) is 35.2 Å². The predicted molar refractivity (Wildman–Crippen MR) is 203 cm³/mol. The Bertz CT molecular complexity index is 2390. The smallest absolute Gasteiger partial charge is 0.216 e. The van der Waals surface area contributed by atoms with E-state index < -0.39 is 0 Å². The van der Waals surface area contributed by atoms with Gasteiger partial charge in [-0.1, -0.05) is 66.7 Å². The van der Waals surface area contributed by atoms with Gasteiger partial charge in [-0.2, -0.15) is 0 Å². The van der Waals surface area contributed by atoms with E-state index in [1.165, 1.54) is 10.9 Å². The van der Waals surface area contributed by atoms with Crippen LogP contribution >= 0.6 is 0 Å². The zero-order chi connectivity index (χ0) is 34.1. The molecule has 6 heterocycles. The van der Waals surface area contributed by atoms with Crippen LogP contribution in [0.5, 0.6) is 0 Å². The first kappa shape index (κ1) is 40.6. The number of pyridine rings is 6. The molecule has 0 saturated carbocycles. The van der Waals surface area contributed by atoms with Crippen molar-refractivity contribution in [3.63, 3.8) is 0 Å². The van der Waals surface area contributed by atoms with Gasteiger partial charge < -0.3 is 30.1 Å². The number of carbonyl (C=O) groups excluding carboxylic acids is 1. The Hall–Kier alpha value is -5.21. The summed E-state index contributed by atoms with van der Waals surface area (Å²) in [6, 6.07) is 34.6. The number of benzene rings is 3. The molecule has 0 spiro atoms. The van der Waals surface area contributed by atoms with Crippen molar-refractivity contribution in [2.75, 3.05) is 6.54 Å². The monoisotopic (exact) mass is 825 g/mol. The number of carbonyl (C=O) groups is 1. The van der Waals surface area contributed by atoms with E-state index in [4.69, 9.17) is 0 Å². The summed E-state index contributed by atoms with van der Waals surface area (Å²) < 4.78 is 0. The normalized spacial score (nSPS) is 10.3. The molecule has 0 saturated heterocycles. The summed E-state index contributed by atoms with van der Waals surface area (Å²) >= 11 is 0. The van der Waals surface area contributed by atoms with Gasteiger partial charge in [-0.05, 0) is 61.2 Å². The van der Waals surface area contributed by atoms with Crippen LogP contribution in [-0.4, -0.2) is 42.4 Å². The SMILES string of the molecule is CC(=O)NCCCCc1ccnc2c1ccc1cccnc12.[Cl-].[Cl-].[Ru].c1cnc2c(c1)ccc1cccnc12.c1cnc2c(c1)ccc1cccnc12. The molecule has 11 heteroatoms. The number of halogens is 2. The van der Waals surface area contributed by atoms with Crippen molar-refractivity contribution in [3.8, 4) is 0 Å². The number of nitrogens with zero attached hydrogens (tertiary/aromatic N) is 6. The Morgan fingerprint density at radius 1 is 0.472 bits per heavy atom. The van der Waals surface area contributed by atoms with E-state index >= 15 is 0 Å². The van der Waals surface area contributed by atoms with Gasteiger partial charge in [0.15, 0.2) is 0 Å². The summed E-state index contributed by atoms with van der Waals surface area (Å²) in [5.74, 6) is 0.0342. The number of unbranched alkanes of at least 4 members (excludes halogenated alkanes) is 1. The fourth-order valence-electron chi connectivity index (χ4n) is 6.09. The zero-order valence-corrected chi connectivity index (χ0v) is 32.1. The summed E-state index contributed by atoms with van der Waals surface area (Å²) in [6.45, 7) is 2.29. The maximum atomic E-state index is 10.8. The molecular formula is C42H35Cl2N7ORu-2. The minimum Gasteiger partial charge on any atom is -1.00 e. The average molecular weight is 826 g/mol. The second-order valence-corrected chi connectivity index (χ2v) is 11.9. The minimum absolute atomic E-state index is 0. The summed E-state index contributed by atoms with van der Waals surface area (Å²) in [5.41, 5.74) is 7.13. The summed E-state index contributed by atoms with van der Waals surface area (Å²) in [6.07, 6.45) is 13.9. The van der Waals surface area contributed by atoms with Crippen LogP contribution in [0.4, 0.5) is 0 Å². The third kappa shape index (κ3) is 9.62. The summed E-state index contributed by atoms with van der Waals surface area (Å²) in [7, 11) is 0.